The van der Waals surface area contributed by atoms with E-state index in [1.54, 1.807) is 0 Å². The summed E-state index contributed by atoms with van der Waals surface area (Å²) >= 11 is 0. The number of imidazole rings is 1. The number of aliphatic hydroxyl groups excluding tert-OH is 6. The van der Waals surface area contributed by atoms with Crippen molar-refractivity contribution >= 4 is 32.8 Å². The van der Waals surface area contributed by atoms with Gasteiger partial charge in [-0.15, -0.1) is 0 Å². The Labute approximate surface area is 216 Å². The number of nitrogens with two attached hydrogens (primary N) is 1. The molecule has 0 aromatic carbocycles. The second-order valence-electron chi connectivity index (χ2n) is 8.44. The fourth-order valence-corrected chi connectivity index (χ4v) is 6.01. The number of aliphatic hydroxyl groups is 6. The number of ether oxygens (including phenoxy) is 2. The minimum Gasteiger partial charge on any atom is -0.394 e. The highest BCUT2D eigenvalue weighted by Gasteiger charge is 2.49. The predicted molar refractivity (Wildman–Crippen MR) is 120 cm³/mol. The van der Waals surface area contributed by atoms with Crippen LogP contribution in [0.1, 0.15) is 6.23 Å². The molecule has 0 aliphatic carbocycles. The van der Waals surface area contributed by atoms with Gasteiger partial charge in [-0.2, -0.15) is 9.29 Å². The van der Waals surface area contributed by atoms with Crippen molar-refractivity contribution in [2.24, 2.45) is 0 Å². The number of nitrogens with one attached hydrogen (secondary N) is 1. The summed E-state index contributed by atoms with van der Waals surface area (Å²) in [5, 5.41) is 59.2. The van der Waals surface area contributed by atoms with Crippen LogP contribution in [0.25, 0.3) is 11.2 Å². The van der Waals surface area contributed by atoms with Crippen LogP contribution in [0.4, 0.5) is 5.95 Å². The maximum absolute atomic E-state index is 12.3. The van der Waals surface area contributed by atoms with Crippen molar-refractivity contribution in [1.29, 1.82) is 0 Å². The molecule has 2 aromatic heterocycles. The van der Waals surface area contributed by atoms with E-state index in [1.807, 2.05) is 0 Å². The first-order chi connectivity index (χ1) is 18.1. The second kappa shape index (κ2) is 11.2. The van der Waals surface area contributed by atoms with Crippen LogP contribution in [0, 0.1) is 0 Å². The number of aromatic nitrogens is 4. The van der Waals surface area contributed by atoms with Crippen LogP contribution in [-0.4, -0.2) is 122 Å². The van der Waals surface area contributed by atoms with Gasteiger partial charge in [0.05, 0.1) is 19.5 Å². The van der Waals surface area contributed by atoms with Crippen LogP contribution >= 0.6 is 15.6 Å². The molecular formula is C16H25N5O16P2. The molecule has 21 nitrogen and oxygen atoms in total. The summed E-state index contributed by atoms with van der Waals surface area (Å²) < 4.78 is 49.1. The number of rotatable bonds is 9. The van der Waals surface area contributed by atoms with E-state index in [0.717, 1.165) is 10.9 Å². The molecule has 220 valence electrons. The highest BCUT2D eigenvalue weighted by Crippen LogP contribution is 2.61. The number of fused-ring (bicyclic) bond motifs is 1. The van der Waals surface area contributed by atoms with Crippen LogP contribution in [0.15, 0.2) is 11.1 Å². The summed E-state index contributed by atoms with van der Waals surface area (Å²) in [5.74, 6) is -0.278. The Balaban J connectivity index is 1.39. The summed E-state index contributed by atoms with van der Waals surface area (Å²) in [6, 6.07) is 0. The van der Waals surface area contributed by atoms with Gasteiger partial charge in [-0.05, 0) is 0 Å². The van der Waals surface area contributed by atoms with E-state index in [4.69, 9.17) is 20.3 Å². The third-order valence-electron chi connectivity index (χ3n) is 5.76. The van der Waals surface area contributed by atoms with Gasteiger partial charge in [0.15, 0.2) is 23.7 Å². The van der Waals surface area contributed by atoms with Gasteiger partial charge in [0.25, 0.3) is 5.56 Å². The first-order valence-corrected chi connectivity index (χ1v) is 13.9. The summed E-state index contributed by atoms with van der Waals surface area (Å²) in [5.41, 5.74) is 4.54. The smallest absolute Gasteiger partial charge is 0.394 e. The normalized spacial score (nSPS) is 36.6. The lowest BCUT2D eigenvalue weighted by Gasteiger charge is -2.39. The number of phosphoric acid groups is 2. The first kappa shape index (κ1) is 30.1. The highest BCUT2D eigenvalue weighted by atomic mass is 31.3. The molecule has 0 spiro atoms. The quantitative estimate of drug-likeness (QED) is 0.120. The Bertz CT molecular complexity index is 1340. The Hall–Kier alpha value is -1.91. The standard InChI is InChI=1S/C16H25N5O16P2/c17-16-19-12-6(13(28)20-16)18-3-21(12)14-10(26)8(24)5(34-14)2-33-38(29,30)37-39(31,32)36-15-11(27)9(25)7(23)4(1-22)35-15/h3-5,7-11,14-15,22-27H,1-2H2,(H,29,30)(H,31,32)(H3,17,19,20,28)/t4-,5-,7-,8-,9+,10-,11+,14-,15?/m1/s1. The van der Waals surface area contributed by atoms with Crippen molar-refractivity contribution in [2.75, 3.05) is 18.9 Å². The van der Waals surface area contributed by atoms with Crippen molar-refractivity contribution < 1.29 is 72.4 Å². The summed E-state index contributed by atoms with van der Waals surface area (Å²) in [6.07, 6.45) is -15.0. The molecule has 0 radical (unpaired) electrons. The van der Waals surface area contributed by atoms with Crippen molar-refractivity contribution in [3.8, 4) is 0 Å². The Morgan fingerprint density at radius 2 is 1.67 bits per heavy atom. The van der Waals surface area contributed by atoms with E-state index in [1.165, 1.54) is 0 Å². The molecule has 23 heteroatoms. The fraction of sp³-hybridized carbons (Fsp3) is 0.688. The molecule has 4 heterocycles. The molecule has 0 bridgehead atoms. The summed E-state index contributed by atoms with van der Waals surface area (Å²) in [6.45, 7) is -1.89. The fourth-order valence-electron chi connectivity index (χ4n) is 3.85. The Morgan fingerprint density at radius 1 is 1.00 bits per heavy atom. The molecule has 39 heavy (non-hydrogen) atoms. The van der Waals surface area contributed by atoms with E-state index >= 15 is 0 Å². The lowest BCUT2D eigenvalue weighted by molar-refractivity contribution is -0.280. The first-order valence-electron chi connectivity index (χ1n) is 10.9. The number of nitrogens with zero attached hydrogens (tertiary/aromatic N) is 3. The number of phosphoric ester groups is 2. The lowest BCUT2D eigenvalue weighted by atomic mass is 10.00. The molecule has 0 saturated carbocycles. The van der Waals surface area contributed by atoms with Gasteiger partial charge in [-0.1, -0.05) is 0 Å². The molecule has 2 saturated heterocycles. The SMILES string of the molecule is Nc1nc2c(ncn2[C@@H]2O[C@H](COP(=O)(O)OP(=O)(O)OC3O[C@H](CO)[C@@H](O)[C@H](O)[C@@H]3O)[C@@H](O)[C@H]2O)c(=O)[nH]1. The number of H-pyrrole nitrogens is 1. The largest absolute Gasteiger partial charge is 0.483 e. The number of aromatic amines is 1. The number of hydrogen-bond donors (Lipinski definition) is 10. The van der Waals surface area contributed by atoms with Crippen molar-refractivity contribution in [3.05, 3.63) is 16.7 Å². The van der Waals surface area contributed by atoms with Crippen molar-refractivity contribution in [3.63, 3.8) is 0 Å². The van der Waals surface area contributed by atoms with E-state index in [2.05, 4.69) is 28.3 Å². The van der Waals surface area contributed by atoms with Crippen LogP contribution < -0.4 is 11.3 Å². The second-order valence-corrected chi connectivity index (χ2v) is 11.4. The summed E-state index contributed by atoms with van der Waals surface area (Å²) in [4.78, 5) is 41.7. The molecule has 11 atom stereocenters. The molecule has 3 unspecified atom stereocenters. The maximum atomic E-state index is 12.3. The minimum absolute atomic E-state index is 0.114. The molecule has 2 aliphatic rings. The Kier molecular flexibility index (Phi) is 8.60. The predicted octanol–water partition coefficient (Wildman–Crippen LogP) is -4.63. The zero-order valence-electron chi connectivity index (χ0n) is 19.3. The topological polar surface area (TPSA) is 332 Å². The molecular weight excluding hydrogens is 580 g/mol. The molecule has 2 aliphatic heterocycles. The van der Waals surface area contributed by atoms with Crippen LogP contribution in [0.2, 0.25) is 0 Å². The summed E-state index contributed by atoms with van der Waals surface area (Å²) in [7, 11) is -11.1. The van der Waals surface area contributed by atoms with Crippen LogP contribution in [0.5, 0.6) is 0 Å². The number of anilines is 1. The van der Waals surface area contributed by atoms with Gasteiger partial charge in [0.2, 0.25) is 5.95 Å². The molecule has 11 N–H and O–H groups in total. The van der Waals surface area contributed by atoms with E-state index in [0.29, 0.717) is 0 Å². The third-order valence-corrected chi connectivity index (χ3v) is 8.36. The van der Waals surface area contributed by atoms with Gasteiger partial charge in [-0.3, -0.25) is 23.4 Å². The minimum atomic E-state index is -5.60. The molecule has 2 aromatic rings. The number of nitrogen functional groups attached to an aromatic ring is 1. The van der Waals surface area contributed by atoms with E-state index in [-0.39, 0.29) is 17.1 Å². The lowest BCUT2D eigenvalue weighted by Crippen LogP contribution is -2.58. The highest BCUT2D eigenvalue weighted by molar-refractivity contribution is 7.61. The van der Waals surface area contributed by atoms with Crippen LogP contribution in [-0.2, 0) is 32.0 Å². The molecule has 4 rings (SSSR count). The van der Waals surface area contributed by atoms with Gasteiger partial charge in [0, 0.05) is 0 Å². The Morgan fingerprint density at radius 3 is 2.33 bits per heavy atom. The van der Waals surface area contributed by atoms with Crippen molar-refractivity contribution in [2.45, 2.75) is 55.2 Å². The van der Waals surface area contributed by atoms with Crippen LogP contribution in [0.3, 0.4) is 0 Å². The van der Waals surface area contributed by atoms with E-state index in [9.17, 15) is 49.2 Å². The maximum Gasteiger partial charge on any atom is 0.483 e. The van der Waals surface area contributed by atoms with Gasteiger partial charge in [-0.25, -0.2) is 14.1 Å². The zero-order valence-corrected chi connectivity index (χ0v) is 21.1. The third kappa shape index (κ3) is 6.22. The van der Waals surface area contributed by atoms with Gasteiger partial charge >= 0.3 is 15.6 Å². The van der Waals surface area contributed by atoms with Gasteiger partial charge < -0.3 is 55.6 Å². The van der Waals surface area contributed by atoms with E-state index < -0.39 is 89.7 Å². The molecule has 0 amide bonds. The monoisotopic (exact) mass is 605 g/mol. The zero-order chi connectivity index (χ0) is 28.9. The molecule has 2 fully saturated rings. The van der Waals surface area contributed by atoms with Gasteiger partial charge in [0.1, 0.15) is 42.7 Å². The van der Waals surface area contributed by atoms with Crippen molar-refractivity contribution in [1.82, 2.24) is 19.5 Å². The number of hydrogen-bond acceptors (Lipinski definition) is 17. The average Bonchev–Trinajstić information content (AvgIpc) is 3.38. The average molecular weight is 605 g/mol.